The van der Waals surface area contributed by atoms with Gasteiger partial charge < -0.3 is 14.2 Å². The standard InChI is InChI=1S/C24H20F2N2O4S/c1-14-9-18(23(25)26)28-24(27-14)33-12-17-10-15(4-7-20(17)30-2)3-6-19(29)16-5-8-21-22(11-16)32-13-31-21/h3-11,23H,12-13H2,1-2H3/b6-3+. The van der Waals surface area contributed by atoms with Crippen LogP contribution < -0.4 is 14.2 Å². The molecule has 2 heterocycles. The van der Waals surface area contributed by atoms with E-state index in [1.165, 1.54) is 23.9 Å². The second kappa shape index (κ2) is 9.99. The monoisotopic (exact) mass is 470 g/mol. The number of carbonyl (C=O) groups excluding carboxylic acids is 1. The van der Waals surface area contributed by atoms with Crippen molar-refractivity contribution in [2.24, 2.45) is 0 Å². The number of benzene rings is 2. The summed E-state index contributed by atoms with van der Waals surface area (Å²) < 4.78 is 42.1. The molecule has 4 rings (SSSR count). The van der Waals surface area contributed by atoms with Crippen molar-refractivity contribution in [2.45, 2.75) is 24.3 Å². The molecule has 0 spiro atoms. The van der Waals surface area contributed by atoms with Gasteiger partial charge in [0.2, 0.25) is 6.79 Å². The van der Waals surface area contributed by atoms with E-state index in [0.29, 0.717) is 34.3 Å². The smallest absolute Gasteiger partial charge is 0.280 e. The third-order valence-corrected chi connectivity index (χ3v) is 5.72. The number of nitrogens with zero attached hydrogens (tertiary/aromatic N) is 2. The lowest BCUT2D eigenvalue weighted by atomic mass is 10.1. The molecule has 2 aromatic carbocycles. The number of aromatic nitrogens is 2. The van der Waals surface area contributed by atoms with Crippen molar-refractivity contribution in [1.29, 1.82) is 0 Å². The van der Waals surface area contributed by atoms with Gasteiger partial charge in [-0.3, -0.25) is 4.79 Å². The second-order valence-electron chi connectivity index (χ2n) is 7.14. The molecule has 1 aromatic heterocycles. The molecular weight excluding hydrogens is 450 g/mol. The molecule has 6 nitrogen and oxygen atoms in total. The number of halogens is 2. The molecule has 0 atom stereocenters. The molecular formula is C24H20F2N2O4S. The molecule has 0 amide bonds. The molecule has 0 radical (unpaired) electrons. The van der Waals surface area contributed by atoms with E-state index < -0.39 is 6.43 Å². The minimum absolute atomic E-state index is 0.145. The van der Waals surface area contributed by atoms with E-state index in [4.69, 9.17) is 14.2 Å². The van der Waals surface area contributed by atoms with Crippen molar-refractivity contribution in [3.8, 4) is 17.2 Å². The molecule has 0 fully saturated rings. The highest BCUT2D eigenvalue weighted by molar-refractivity contribution is 7.98. The minimum Gasteiger partial charge on any atom is -0.496 e. The molecule has 0 saturated heterocycles. The number of hydrogen-bond donors (Lipinski definition) is 0. The summed E-state index contributed by atoms with van der Waals surface area (Å²) in [5.74, 6) is 2.04. The lowest BCUT2D eigenvalue weighted by Crippen LogP contribution is -1.98. The van der Waals surface area contributed by atoms with E-state index in [2.05, 4.69) is 9.97 Å². The Labute approximate surface area is 193 Å². The van der Waals surface area contributed by atoms with Crippen LogP contribution in [0.3, 0.4) is 0 Å². The van der Waals surface area contributed by atoms with E-state index in [1.807, 2.05) is 12.1 Å². The highest BCUT2D eigenvalue weighted by atomic mass is 32.2. The SMILES string of the molecule is COc1ccc(/C=C/C(=O)c2ccc3c(c2)OCO3)cc1CSc1nc(C)cc(C(F)F)n1. The van der Waals surface area contributed by atoms with Gasteiger partial charge in [-0.1, -0.05) is 23.9 Å². The summed E-state index contributed by atoms with van der Waals surface area (Å²) in [6, 6.07) is 11.8. The van der Waals surface area contributed by atoms with Gasteiger partial charge in [-0.05, 0) is 55.0 Å². The Hall–Kier alpha value is -3.46. The highest BCUT2D eigenvalue weighted by Crippen LogP contribution is 2.33. The zero-order valence-electron chi connectivity index (χ0n) is 17.9. The maximum atomic E-state index is 13.0. The van der Waals surface area contributed by atoms with E-state index in [9.17, 15) is 13.6 Å². The van der Waals surface area contributed by atoms with E-state index in [0.717, 1.165) is 11.1 Å². The van der Waals surface area contributed by atoms with Gasteiger partial charge in [0.1, 0.15) is 11.4 Å². The maximum Gasteiger partial charge on any atom is 0.280 e. The minimum atomic E-state index is -2.66. The van der Waals surface area contributed by atoms with Crippen LogP contribution in [0.1, 0.15) is 39.3 Å². The van der Waals surface area contributed by atoms with Crippen LogP contribution in [0, 0.1) is 6.92 Å². The average Bonchev–Trinajstić information content (AvgIpc) is 3.29. The third kappa shape index (κ3) is 5.48. The summed E-state index contributed by atoms with van der Waals surface area (Å²) in [4.78, 5) is 20.7. The number of thioether (sulfide) groups is 1. The molecule has 0 saturated carbocycles. The number of allylic oxidation sites excluding steroid dienone is 1. The molecule has 0 N–H and O–H groups in total. The number of hydrogen-bond acceptors (Lipinski definition) is 7. The van der Waals surface area contributed by atoms with Crippen LogP contribution in [0.4, 0.5) is 8.78 Å². The first kappa shape index (κ1) is 22.7. The van der Waals surface area contributed by atoms with Crippen molar-refractivity contribution >= 4 is 23.6 Å². The van der Waals surface area contributed by atoms with Gasteiger partial charge in [0.15, 0.2) is 22.4 Å². The molecule has 0 aliphatic carbocycles. The summed E-state index contributed by atoms with van der Waals surface area (Å²) in [7, 11) is 1.56. The van der Waals surface area contributed by atoms with Gasteiger partial charge in [-0.2, -0.15) is 0 Å². The first-order valence-corrected chi connectivity index (χ1v) is 11.0. The van der Waals surface area contributed by atoms with E-state index in [1.54, 1.807) is 44.4 Å². The van der Waals surface area contributed by atoms with Crippen LogP contribution in [0.2, 0.25) is 0 Å². The largest absolute Gasteiger partial charge is 0.496 e. The molecule has 1 aliphatic heterocycles. The van der Waals surface area contributed by atoms with Crippen LogP contribution in [0.15, 0.2) is 53.7 Å². The van der Waals surface area contributed by atoms with Crippen molar-refractivity contribution in [2.75, 3.05) is 13.9 Å². The number of methoxy groups -OCH3 is 1. The summed E-state index contributed by atoms with van der Waals surface area (Å²) in [5.41, 5.74) is 2.29. The zero-order chi connectivity index (χ0) is 23.4. The molecule has 33 heavy (non-hydrogen) atoms. The number of fused-ring (bicyclic) bond motifs is 1. The van der Waals surface area contributed by atoms with E-state index in [-0.39, 0.29) is 23.4 Å². The Balaban J connectivity index is 1.49. The normalized spacial score (nSPS) is 12.5. The van der Waals surface area contributed by atoms with Crippen LogP contribution in [-0.2, 0) is 5.75 Å². The van der Waals surface area contributed by atoms with Crippen molar-refractivity contribution in [1.82, 2.24) is 9.97 Å². The second-order valence-corrected chi connectivity index (χ2v) is 8.09. The van der Waals surface area contributed by atoms with Gasteiger partial charge in [0, 0.05) is 22.6 Å². The average molecular weight is 470 g/mol. The Bertz CT molecular complexity index is 1220. The quantitative estimate of drug-likeness (QED) is 0.182. The highest BCUT2D eigenvalue weighted by Gasteiger charge is 2.16. The maximum absolute atomic E-state index is 13.0. The van der Waals surface area contributed by atoms with Gasteiger partial charge in [-0.15, -0.1) is 0 Å². The van der Waals surface area contributed by atoms with Gasteiger partial charge in [0.25, 0.3) is 6.43 Å². The fraction of sp³-hybridized carbons (Fsp3) is 0.208. The third-order valence-electron chi connectivity index (χ3n) is 4.82. The number of alkyl halides is 2. The Kier molecular flexibility index (Phi) is 6.88. The lowest BCUT2D eigenvalue weighted by molar-refractivity contribution is 0.104. The molecule has 9 heteroatoms. The zero-order valence-corrected chi connectivity index (χ0v) is 18.7. The summed E-state index contributed by atoms with van der Waals surface area (Å²) in [5, 5.41) is 0.270. The first-order valence-electron chi connectivity index (χ1n) is 9.98. The van der Waals surface area contributed by atoms with Crippen molar-refractivity contribution in [3.05, 3.63) is 76.6 Å². The molecule has 3 aromatic rings. The number of ketones is 1. The Morgan fingerprint density at radius 2 is 1.97 bits per heavy atom. The summed E-state index contributed by atoms with van der Waals surface area (Å²) in [6.07, 6.45) is 0.532. The predicted octanol–water partition coefficient (Wildman–Crippen LogP) is 5.65. The number of rotatable bonds is 8. The first-order chi connectivity index (χ1) is 15.9. The lowest BCUT2D eigenvalue weighted by Gasteiger charge is -2.10. The van der Waals surface area contributed by atoms with E-state index >= 15 is 0 Å². The fourth-order valence-corrected chi connectivity index (χ4v) is 4.11. The van der Waals surface area contributed by atoms with Crippen LogP contribution in [0.25, 0.3) is 6.08 Å². The molecule has 0 bridgehead atoms. The molecule has 0 unspecified atom stereocenters. The van der Waals surface area contributed by atoms with Crippen LogP contribution >= 0.6 is 11.8 Å². The summed E-state index contributed by atoms with van der Waals surface area (Å²) in [6.45, 7) is 1.80. The molecule has 1 aliphatic rings. The topological polar surface area (TPSA) is 70.5 Å². The number of carbonyl (C=O) groups is 1. The number of ether oxygens (including phenoxy) is 3. The van der Waals surface area contributed by atoms with Crippen molar-refractivity contribution < 1.29 is 27.8 Å². The molecule has 170 valence electrons. The van der Waals surface area contributed by atoms with Gasteiger partial charge >= 0.3 is 0 Å². The van der Waals surface area contributed by atoms with Crippen molar-refractivity contribution in [3.63, 3.8) is 0 Å². The fourth-order valence-electron chi connectivity index (χ4n) is 3.22. The number of aryl methyl sites for hydroxylation is 1. The van der Waals surface area contributed by atoms with Gasteiger partial charge in [-0.25, -0.2) is 18.7 Å². The predicted molar refractivity (Wildman–Crippen MR) is 120 cm³/mol. The van der Waals surface area contributed by atoms with Crippen LogP contribution in [0.5, 0.6) is 17.2 Å². The Morgan fingerprint density at radius 1 is 1.15 bits per heavy atom. The Morgan fingerprint density at radius 3 is 2.76 bits per heavy atom. The van der Waals surface area contributed by atoms with Gasteiger partial charge in [0.05, 0.1) is 7.11 Å². The summed E-state index contributed by atoms with van der Waals surface area (Å²) >= 11 is 1.24. The van der Waals surface area contributed by atoms with Crippen LogP contribution in [-0.4, -0.2) is 29.7 Å².